The van der Waals surface area contributed by atoms with Crippen molar-refractivity contribution in [2.75, 3.05) is 12.8 Å². The van der Waals surface area contributed by atoms with Crippen LogP contribution in [0.3, 0.4) is 0 Å². The van der Waals surface area contributed by atoms with Crippen LogP contribution in [0.2, 0.25) is 0 Å². The highest BCUT2D eigenvalue weighted by molar-refractivity contribution is 5.88. The minimum absolute atomic E-state index is 0.0681. The summed E-state index contributed by atoms with van der Waals surface area (Å²) in [6.07, 6.45) is 0. The van der Waals surface area contributed by atoms with Gasteiger partial charge in [0.1, 0.15) is 23.0 Å². The Bertz CT molecular complexity index is 1530. The first-order valence-electron chi connectivity index (χ1n) is 10.2. The maximum absolute atomic E-state index is 13.1. The summed E-state index contributed by atoms with van der Waals surface area (Å²) in [5.74, 6) is 0.0498. The molecule has 0 aliphatic carbocycles. The van der Waals surface area contributed by atoms with Crippen LogP contribution in [0.5, 0.6) is 11.5 Å². The maximum atomic E-state index is 13.1. The molecule has 1 atom stereocenters. The summed E-state index contributed by atoms with van der Waals surface area (Å²) in [4.78, 5) is 13.1. The number of fused-ring (bicyclic) bond motifs is 3. The van der Waals surface area contributed by atoms with Gasteiger partial charge in [0.25, 0.3) is 0 Å². The van der Waals surface area contributed by atoms with Gasteiger partial charge in [-0.25, -0.2) is 4.79 Å². The molecule has 1 aliphatic heterocycles. The number of hydrogen-bond acceptors (Lipinski definition) is 7. The van der Waals surface area contributed by atoms with E-state index in [-0.39, 0.29) is 22.8 Å². The van der Waals surface area contributed by atoms with Gasteiger partial charge in [0.2, 0.25) is 5.88 Å². The van der Waals surface area contributed by atoms with Crippen molar-refractivity contribution in [2.45, 2.75) is 5.92 Å². The number of nitriles is 1. The molecule has 33 heavy (non-hydrogen) atoms. The Kier molecular flexibility index (Phi) is 4.76. The van der Waals surface area contributed by atoms with Crippen LogP contribution in [0.1, 0.15) is 17.0 Å². The molecule has 1 unspecified atom stereocenters. The predicted octanol–water partition coefficient (Wildman–Crippen LogP) is 4.27. The lowest BCUT2D eigenvalue weighted by Crippen LogP contribution is -2.26. The normalized spacial score (nSPS) is 15.0. The summed E-state index contributed by atoms with van der Waals surface area (Å²) in [6.45, 7) is 0. The molecule has 7 nitrogen and oxygen atoms in total. The quantitative estimate of drug-likeness (QED) is 0.362. The molecule has 0 spiro atoms. The zero-order valence-corrected chi connectivity index (χ0v) is 17.7. The molecule has 5 rings (SSSR count). The average Bonchev–Trinajstić information content (AvgIpc) is 2.84. The van der Waals surface area contributed by atoms with Crippen molar-refractivity contribution < 1.29 is 13.9 Å². The van der Waals surface area contributed by atoms with E-state index in [9.17, 15) is 10.1 Å². The number of rotatable bonds is 3. The van der Waals surface area contributed by atoms with Gasteiger partial charge in [-0.2, -0.15) is 5.26 Å². The van der Waals surface area contributed by atoms with E-state index in [4.69, 9.17) is 25.4 Å². The van der Waals surface area contributed by atoms with E-state index in [0.717, 1.165) is 11.1 Å². The molecule has 1 aromatic heterocycles. The molecule has 0 fully saturated rings. The second kappa shape index (κ2) is 7.77. The molecule has 0 radical (unpaired) electrons. The number of benzene rings is 3. The highest BCUT2D eigenvalue weighted by Crippen LogP contribution is 2.45. The molecule has 2 heterocycles. The molecule has 4 N–H and O–H groups in total. The molecule has 3 aromatic carbocycles. The number of nitrogens with zero attached hydrogens (tertiary/aromatic N) is 1. The van der Waals surface area contributed by atoms with Gasteiger partial charge < -0.3 is 25.4 Å². The number of nitrogen functional groups attached to an aromatic ring is 1. The van der Waals surface area contributed by atoms with Gasteiger partial charge in [-0.3, -0.25) is 0 Å². The molecule has 0 saturated carbocycles. The zero-order chi connectivity index (χ0) is 23.1. The minimum Gasteiger partial charge on any atom is -0.496 e. The number of allylic oxidation sites excluding steroid dienone is 1. The van der Waals surface area contributed by atoms with Crippen molar-refractivity contribution in [3.8, 4) is 28.7 Å². The Balaban J connectivity index is 1.81. The van der Waals surface area contributed by atoms with Crippen molar-refractivity contribution in [3.05, 3.63) is 99.7 Å². The van der Waals surface area contributed by atoms with Crippen molar-refractivity contribution in [3.63, 3.8) is 0 Å². The standard InChI is InChI=1S/C26H19N3O4/c1-31-20-9-7-15(11-17(20)14-5-3-2-4-6-14)22-19(13-27)25(29)33-24-18-12-16(28)8-10-21(18)32-26(30)23(22)24/h2-12,22H,28-29H2,1H3. The maximum Gasteiger partial charge on any atom is 0.344 e. The smallest absolute Gasteiger partial charge is 0.344 e. The van der Waals surface area contributed by atoms with Crippen LogP contribution in [-0.4, -0.2) is 7.11 Å². The second-order valence-electron chi connectivity index (χ2n) is 7.64. The molecule has 4 aromatic rings. The summed E-state index contributed by atoms with van der Waals surface area (Å²) >= 11 is 0. The third kappa shape index (κ3) is 3.25. The fraction of sp³-hybridized carbons (Fsp3) is 0.0769. The van der Waals surface area contributed by atoms with Crippen LogP contribution in [0, 0.1) is 11.3 Å². The lowest BCUT2D eigenvalue weighted by Gasteiger charge is -2.26. The minimum atomic E-state index is -0.783. The van der Waals surface area contributed by atoms with Crippen LogP contribution >= 0.6 is 0 Å². The molecule has 0 saturated heterocycles. The summed E-state index contributed by atoms with van der Waals surface area (Å²) in [5, 5.41) is 10.4. The molecular formula is C26H19N3O4. The van der Waals surface area contributed by atoms with Gasteiger partial charge in [-0.05, 0) is 41.5 Å². The van der Waals surface area contributed by atoms with Crippen LogP contribution in [-0.2, 0) is 0 Å². The van der Waals surface area contributed by atoms with E-state index in [2.05, 4.69) is 6.07 Å². The number of anilines is 1. The molecule has 7 heteroatoms. The Morgan fingerprint density at radius 1 is 1.03 bits per heavy atom. The van der Waals surface area contributed by atoms with E-state index < -0.39 is 11.5 Å². The fourth-order valence-electron chi connectivity index (χ4n) is 4.22. The SMILES string of the molecule is COc1ccc(C2C(C#N)=C(N)Oc3c2c(=O)oc2ccc(N)cc32)cc1-c1ccccc1. The van der Waals surface area contributed by atoms with Crippen LogP contribution in [0.15, 0.2) is 87.4 Å². The highest BCUT2D eigenvalue weighted by atomic mass is 16.5. The predicted molar refractivity (Wildman–Crippen MR) is 125 cm³/mol. The van der Waals surface area contributed by atoms with E-state index in [1.54, 1.807) is 37.4 Å². The van der Waals surface area contributed by atoms with Crippen molar-refractivity contribution >= 4 is 16.7 Å². The Labute approximate surface area is 189 Å². The van der Waals surface area contributed by atoms with Gasteiger partial charge >= 0.3 is 5.63 Å². The molecule has 162 valence electrons. The third-order valence-electron chi connectivity index (χ3n) is 5.73. The van der Waals surface area contributed by atoms with Crippen LogP contribution in [0.25, 0.3) is 22.1 Å². The fourth-order valence-corrected chi connectivity index (χ4v) is 4.22. The van der Waals surface area contributed by atoms with E-state index >= 15 is 0 Å². The topological polar surface area (TPSA) is 124 Å². The van der Waals surface area contributed by atoms with Crippen molar-refractivity contribution in [1.29, 1.82) is 5.26 Å². The first-order chi connectivity index (χ1) is 16.0. The lowest BCUT2D eigenvalue weighted by atomic mass is 9.82. The summed E-state index contributed by atoms with van der Waals surface area (Å²) < 4.78 is 16.9. The van der Waals surface area contributed by atoms with Gasteiger partial charge in [-0.1, -0.05) is 36.4 Å². The molecule has 0 bridgehead atoms. The second-order valence-corrected chi connectivity index (χ2v) is 7.64. The van der Waals surface area contributed by atoms with Crippen LogP contribution in [0.4, 0.5) is 5.69 Å². The first-order valence-corrected chi connectivity index (χ1v) is 10.2. The third-order valence-corrected chi connectivity index (χ3v) is 5.73. The molecule has 0 amide bonds. The zero-order valence-electron chi connectivity index (χ0n) is 17.7. The largest absolute Gasteiger partial charge is 0.496 e. The Hall–Kier alpha value is -4.70. The summed E-state index contributed by atoms with van der Waals surface area (Å²) in [7, 11) is 1.59. The summed E-state index contributed by atoms with van der Waals surface area (Å²) in [5.41, 5.74) is 15.1. The first kappa shape index (κ1) is 20.2. The highest BCUT2D eigenvalue weighted by Gasteiger charge is 2.36. The van der Waals surface area contributed by atoms with Crippen LogP contribution < -0.4 is 26.6 Å². The lowest BCUT2D eigenvalue weighted by molar-refractivity contribution is 0.388. The van der Waals surface area contributed by atoms with E-state index in [0.29, 0.717) is 28.0 Å². The molecule has 1 aliphatic rings. The van der Waals surface area contributed by atoms with Gasteiger partial charge in [0.05, 0.1) is 24.0 Å². The van der Waals surface area contributed by atoms with Crippen molar-refractivity contribution in [1.82, 2.24) is 0 Å². The monoisotopic (exact) mass is 437 g/mol. The van der Waals surface area contributed by atoms with Gasteiger partial charge in [0, 0.05) is 11.3 Å². The van der Waals surface area contributed by atoms with Gasteiger partial charge in [-0.15, -0.1) is 0 Å². The van der Waals surface area contributed by atoms with Crippen molar-refractivity contribution in [2.24, 2.45) is 5.73 Å². The Morgan fingerprint density at radius 2 is 1.82 bits per heavy atom. The molecular weight excluding hydrogens is 418 g/mol. The van der Waals surface area contributed by atoms with E-state index in [1.165, 1.54) is 0 Å². The van der Waals surface area contributed by atoms with E-state index in [1.807, 2.05) is 36.4 Å². The number of methoxy groups -OCH3 is 1. The number of nitrogens with two attached hydrogens (primary N) is 2. The van der Waals surface area contributed by atoms with Gasteiger partial charge in [0.15, 0.2) is 5.75 Å². The Morgan fingerprint density at radius 3 is 2.55 bits per heavy atom. The number of ether oxygens (including phenoxy) is 2. The average molecular weight is 437 g/mol. The summed E-state index contributed by atoms with van der Waals surface area (Å²) in [6, 6.07) is 22.2. The number of hydrogen-bond donors (Lipinski definition) is 2.